The van der Waals surface area contributed by atoms with Crippen molar-refractivity contribution in [1.29, 1.82) is 5.26 Å². The molecular weight excluding hydrogens is 821 g/mol. The van der Waals surface area contributed by atoms with Gasteiger partial charge in [0.2, 0.25) is 0 Å². The van der Waals surface area contributed by atoms with E-state index in [-0.39, 0.29) is 11.1 Å². The van der Waals surface area contributed by atoms with Crippen molar-refractivity contribution in [3.63, 3.8) is 0 Å². The lowest BCUT2D eigenvalue weighted by Gasteiger charge is -2.26. The molecule has 312 valence electrons. The van der Waals surface area contributed by atoms with Gasteiger partial charge in [-0.3, -0.25) is 0 Å². The van der Waals surface area contributed by atoms with Crippen molar-refractivity contribution in [2.24, 2.45) is 0 Å². The largest absolute Gasteiger partial charge is 0.494 e. The van der Waals surface area contributed by atoms with Crippen LogP contribution in [-0.2, 0) is 0 Å². The first kappa shape index (κ1) is 41.9. The van der Waals surface area contributed by atoms with Crippen LogP contribution in [0.1, 0.15) is 81.1 Å². The van der Waals surface area contributed by atoms with E-state index in [1.807, 2.05) is 6.07 Å². The van der Waals surface area contributed by atoms with E-state index >= 15 is 0 Å². The predicted molar refractivity (Wildman–Crippen MR) is 251 cm³/mol. The molecule has 3 aromatic heterocycles. The van der Waals surface area contributed by atoms with Gasteiger partial charge >= 0.3 is 5.97 Å². The van der Waals surface area contributed by atoms with E-state index in [2.05, 4.69) is 104 Å². The molecule has 4 aromatic carbocycles. The molecule has 0 amide bonds. The van der Waals surface area contributed by atoms with Gasteiger partial charge in [-0.1, -0.05) is 70.6 Å². The van der Waals surface area contributed by atoms with E-state index in [1.165, 1.54) is 44.6 Å². The van der Waals surface area contributed by atoms with Crippen molar-refractivity contribution in [2.75, 3.05) is 31.3 Å². The van der Waals surface area contributed by atoms with Gasteiger partial charge in [-0.15, -0.1) is 34.0 Å². The number of thiophene rings is 3. The maximum atomic E-state index is 11.6. The smallest absolute Gasteiger partial charge is 0.337 e. The molecule has 1 N–H and O–H groups in total. The lowest BCUT2D eigenvalue weighted by Crippen LogP contribution is -2.14. The van der Waals surface area contributed by atoms with E-state index in [1.54, 1.807) is 46.1 Å². The van der Waals surface area contributed by atoms with Crippen LogP contribution in [0.3, 0.4) is 0 Å². The molecule has 0 bridgehead atoms. The maximum absolute atomic E-state index is 11.6. The SMILES string of the molecule is CCCCCCOc1ccc(N(c2ccc(OCCCCCC)cc2)c2ccc(-c3sc(-c4cc5sc(-c6ccc(C(=O)O)c(C#N)c6)cc5s4)c4c3OCCO4)cc2)cc1. The summed E-state index contributed by atoms with van der Waals surface area (Å²) >= 11 is 4.98. The molecule has 8 nitrogen and oxygen atoms in total. The molecule has 1 aliphatic rings. The lowest BCUT2D eigenvalue weighted by molar-refractivity contribution is 0.0696. The van der Waals surface area contributed by atoms with Crippen molar-refractivity contribution in [1.82, 2.24) is 0 Å². The van der Waals surface area contributed by atoms with Gasteiger partial charge in [0.15, 0.2) is 11.5 Å². The monoisotopic (exact) mass is 868 g/mol. The fourth-order valence-electron chi connectivity index (χ4n) is 7.40. The molecule has 0 aliphatic carbocycles. The molecule has 7 aromatic rings. The molecule has 11 heteroatoms. The second-order valence-corrected chi connectivity index (χ2v) is 18.1. The minimum Gasteiger partial charge on any atom is -0.494 e. The Kier molecular flexibility index (Phi) is 13.5. The average Bonchev–Trinajstić information content (AvgIpc) is 4.00. The zero-order chi connectivity index (χ0) is 42.1. The fraction of sp³-hybridized carbons (Fsp3) is 0.280. The van der Waals surface area contributed by atoms with Crippen molar-refractivity contribution in [3.8, 4) is 59.7 Å². The Labute approximate surface area is 369 Å². The first-order valence-corrected chi connectivity index (χ1v) is 23.5. The Balaban J connectivity index is 1.06. The highest BCUT2D eigenvalue weighted by Crippen LogP contribution is 2.56. The third-order valence-corrected chi connectivity index (χ3v) is 14.3. The summed E-state index contributed by atoms with van der Waals surface area (Å²) in [6, 6.07) is 36.6. The Bertz CT molecular complexity index is 2530. The molecule has 0 unspecified atom stereocenters. The van der Waals surface area contributed by atoms with Crippen LogP contribution in [0.5, 0.6) is 23.0 Å². The van der Waals surface area contributed by atoms with Crippen LogP contribution in [0.25, 0.3) is 40.0 Å². The number of unbranched alkanes of at least 4 members (excludes halogenated alkanes) is 6. The molecule has 0 fully saturated rings. The highest BCUT2D eigenvalue weighted by atomic mass is 32.1. The number of benzene rings is 4. The number of rotatable bonds is 19. The Morgan fingerprint density at radius 1 is 0.639 bits per heavy atom. The number of carboxylic acid groups (broad SMARTS) is 1. The van der Waals surface area contributed by atoms with Crippen LogP contribution in [0, 0.1) is 11.3 Å². The second kappa shape index (κ2) is 19.7. The maximum Gasteiger partial charge on any atom is 0.337 e. The quantitative estimate of drug-likeness (QED) is 0.0802. The molecule has 8 rings (SSSR count). The number of nitriles is 1. The van der Waals surface area contributed by atoms with E-state index < -0.39 is 5.97 Å². The highest BCUT2D eigenvalue weighted by molar-refractivity contribution is 7.32. The molecular formula is C50H48N2O6S3. The average molecular weight is 869 g/mol. The first-order chi connectivity index (χ1) is 29.9. The summed E-state index contributed by atoms with van der Waals surface area (Å²) in [5.41, 5.74) is 5.08. The van der Waals surface area contributed by atoms with Gasteiger partial charge in [0.05, 0.1) is 39.0 Å². The molecule has 61 heavy (non-hydrogen) atoms. The molecule has 0 atom stereocenters. The molecule has 4 heterocycles. The van der Waals surface area contributed by atoms with Crippen molar-refractivity contribution >= 4 is 66.4 Å². The Morgan fingerprint density at radius 2 is 1.15 bits per heavy atom. The Morgan fingerprint density at radius 3 is 1.69 bits per heavy atom. The number of hydrogen-bond donors (Lipinski definition) is 1. The highest BCUT2D eigenvalue weighted by Gasteiger charge is 2.28. The predicted octanol–water partition coefficient (Wildman–Crippen LogP) is 14.8. The molecule has 0 spiro atoms. The van der Waals surface area contributed by atoms with Gasteiger partial charge in [-0.05, 0) is 109 Å². The standard InChI is InChI=1S/C50H48N2O6S3/c1-3-5-7-9-25-55-39-20-16-37(17-21-39)52(38-18-22-40(23-19-38)56-26-10-8-6-4-2)36-14-11-33(12-15-36)48-46-47(58-28-27-57-46)49(61-48)45-31-44-43(60-45)30-42(59-44)34-13-24-41(50(53)54)35(29-34)32-51/h11-24,29-31H,3-10,25-28H2,1-2H3,(H,53,54). The minimum absolute atomic E-state index is 0.00666. The summed E-state index contributed by atoms with van der Waals surface area (Å²) in [4.78, 5) is 18.0. The van der Waals surface area contributed by atoms with Crippen molar-refractivity contribution in [3.05, 3.63) is 114 Å². The number of fused-ring (bicyclic) bond motifs is 2. The zero-order valence-corrected chi connectivity index (χ0v) is 36.9. The van der Waals surface area contributed by atoms with Gasteiger partial charge in [0.25, 0.3) is 0 Å². The van der Waals surface area contributed by atoms with E-state index in [9.17, 15) is 15.2 Å². The number of carbonyl (C=O) groups is 1. The summed E-state index contributed by atoms with van der Waals surface area (Å²) in [7, 11) is 0. The van der Waals surface area contributed by atoms with Crippen LogP contribution in [-0.4, -0.2) is 37.5 Å². The number of hydrogen-bond acceptors (Lipinski definition) is 10. The van der Waals surface area contributed by atoms with Crippen LogP contribution >= 0.6 is 34.0 Å². The Hall–Kier alpha value is -5.80. The summed E-state index contributed by atoms with van der Waals surface area (Å²) in [6.45, 7) is 6.84. The van der Waals surface area contributed by atoms with E-state index in [0.717, 1.165) is 106 Å². The van der Waals surface area contributed by atoms with Gasteiger partial charge in [-0.25, -0.2) is 4.79 Å². The zero-order valence-electron chi connectivity index (χ0n) is 34.4. The number of carboxylic acids is 1. The molecule has 0 saturated heterocycles. The number of ether oxygens (including phenoxy) is 4. The minimum atomic E-state index is -1.11. The molecule has 0 saturated carbocycles. The fourth-order valence-corrected chi connectivity index (χ4v) is 11.1. The third-order valence-electron chi connectivity index (χ3n) is 10.6. The molecule has 1 aliphatic heterocycles. The summed E-state index contributed by atoms with van der Waals surface area (Å²) in [6.07, 6.45) is 9.34. The van der Waals surface area contributed by atoms with Crippen LogP contribution in [0.4, 0.5) is 17.1 Å². The van der Waals surface area contributed by atoms with Gasteiger partial charge in [0.1, 0.15) is 30.8 Å². The summed E-state index contributed by atoms with van der Waals surface area (Å²) in [5.74, 6) is 2.18. The van der Waals surface area contributed by atoms with E-state index in [4.69, 9.17) is 18.9 Å². The van der Waals surface area contributed by atoms with Gasteiger partial charge in [-0.2, -0.15) is 5.26 Å². The normalized spacial score (nSPS) is 12.0. The van der Waals surface area contributed by atoms with Gasteiger partial charge in [0, 0.05) is 31.3 Å². The number of anilines is 3. The number of nitrogens with zero attached hydrogens (tertiary/aromatic N) is 2. The van der Waals surface area contributed by atoms with Crippen LogP contribution < -0.4 is 23.8 Å². The van der Waals surface area contributed by atoms with Crippen LogP contribution in [0.15, 0.2) is 103 Å². The van der Waals surface area contributed by atoms with Gasteiger partial charge < -0.3 is 29.0 Å². The first-order valence-electron chi connectivity index (χ1n) is 21.0. The van der Waals surface area contributed by atoms with Crippen LogP contribution in [0.2, 0.25) is 0 Å². The number of aromatic carboxylic acids is 1. The van der Waals surface area contributed by atoms with Crippen molar-refractivity contribution in [2.45, 2.75) is 65.2 Å². The van der Waals surface area contributed by atoms with Crippen molar-refractivity contribution < 1.29 is 28.8 Å². The lowest BCUT2D eigenvalue weighted by atomic mass is 10.0. The summed E-state index contributed by atoms with van der Waals surface area (Å²) < 4.78 is 27.0. The second-order valence-electron chi connectivity index (χ2n) is 14.9. The summed E-state index contributed by atoms with van der Waals surface area (Å²) in [5, 5.41) is 19.0. The molecule has 0 radical (unpaired) electrons. The third kappa shape index (κ3) is 9.57. The topological polar surface area (TPSA) is 101 Å². The van der Waals surface area contributed by atoms with E-state index in [0.29, 0.717) is 13.2 Å².